The van der Waals surface area contributed by atoms with Crippen LogP contribution in [0.3, 0.4) is 0 Å². The van der Waals surface area contributed by atoms with Crippen molar-refractivity contribution in [1.82, 2.24) is 5.43 Å². The van der Waals surface area contributed by atoms with Crippen molar-refractivity contribution in [3.8, 4) is 17.2 Å². The second kappa shape index (κ2) is 12.1. The largest absolute Gasteiger partial charge is 0.494 e. The minimum Gasteiger partial charge on any atom is -0.494 e. The van der Waals surface area contributed by atoms with Gasteiger partial charge in [-0.3, -0.25) is 9.59 Å². The predicted octanol–water partition coefficient (Wildman–Crippen LogP) is 5.38. The van der Waals surface area contributed by atoms with Crippen LogP contribution in [-0.2, 0) is 4.79 Å². The zero-order valence-corrected chi connectivity index (χ0v) is 21.7. The molecule has 0 atom stereocenters. The molecule has 190 valence electrons. The summed E-state index contributed by atoms with van der Waals surface area (Å²) in [4.78, 5) is 24.7. The number of nitrogens with one attached hydrogen (secondary N) is 2. The summed E-state index contributed by atoms with van der Waals surface area (Å²) in [5.74, 6) is 0.758. The van der Waals surface area contributed by atoms with E-state index in [2.05, 4.69) is 31.8 Å². The van der Waals surface area contributed by atoms with Crippen molar-refractivity contribution in [2.75, 3.05) is 25.6 Å². The highest BCUT2D eigenvalue weighted by Gasteiger charge is 2.15. The zero-order valence-electron chi connectivity index (χ0n) is 20.1. The molecule has 0 radical (unpaired) electrons. The normalized spacial score (nSPS) is 10.9. The van der Waals surface area contributed by atoms with Crippen LogP contribution in [0.4, 0.5) is 5.69 Å². The number of hydrazone groups is 1. The van der Waals surface area contributed by atoms with Crippen molar-refractivity contribution in [1.29, 1.82) is 0 Å². The van der Waals surface area contributed by atoms with E-state index in [1.165, 1.54) is 13.3 Å². The maximum atomic E-state index is 12.5. The fraction of sp³-hybridized carbons (Fsp3) is 0.148. The van der Waals surface area contributed by atoms with Crippen LogP contribution in [0.2, 0.25) is 0 Å². The number of rotatable bonds is 10. The fourth-order valence-corrected chi connectivity index (χ4v) is 4.00. The lowest BCUT2D eigenvalue weighted by molar-refractivity contribution is -0.118. The molecule has 0 aliphatic rings. The highest BCUT2D eigenvalue weighted by Crippen LogP contribution is 2.36. The standard InChI is InChI=1S/C27H24BrN3O6/c1-3-35-20-9-10-22-18(13-20)14-24(37-22)27(33)31-29-15-17-11-21(28)26(23(12-17)34-2)36-16-25(32)30-19-7-5-4-6-8-19/h4-15H,3,16H2,1-2H3,(H,30,32)(H,31,33)/b29-15+. The quantitative estimate of drug-likeness (QED) is 0.197. The number of carbonyl (C=O) groups excluding carboxylic acids is 2. The lowest BCUT2D eigenvalue weighted by atomic mass is 10.2. The van der Waals surface area contributed by atoms with Gasteiger partial charge in [0.2, 0.25) is 0 Å². The zero-order chi connectivity index (χ0) is 26.2. The molecule has 0 aliphatic heterocycles. The van der Waals surface area contributed by atoms with Crippen LogP contribution in [0.25, 0.3) is 11.0 Å². The summed E-state index contributed by atoms with van der Waals surface area (Å²) in [7, 11) is 1.49. The molecule has 10 heteroatoms. The van der Waals surface area contributed by atoms with Crippen molar-refractivity contribution in [3.63, 3.8) is 0 Å². The van der Waals surface area contributed by atoms with Gasteiger partial charge in [-0.25, -0.2) is 5.43 Å². The first-order valence-electron chi connectivity index (χ1n) is 11.3. The molecular formula is C27H24BrN3O6. The van der Waals surface area contributed by atoms with Gasteiger partial charge in [-0.05, 0) is 76.9 Å². The first-order valence-corrected chi connectivity index (χ1v) is 12.1. The molecule has 0 fully saturated rings. The van der Waals surface area contributed by atoms with Crippen LogP contribution in [0.15, 0.2) is 80.7 Å². The fourth-order valence-electron chi connectivity index (χ4n) is 3.42. The lowest BCUT2D eigenvalue weighted by Crippen LogP contribution is -2.20. The van der Waals surface area contributed by atoms with E-state index in [0.29, 0.717) is 45.2 Å². The van der Waals surface area contributed by atoms with Gasteiger partial charge in [0.05, 0.1) is 24.4 Å². The molecule has 1 aromatic heterocycles. The van der Waals surface area contributed by atoms with E-state index in [-0.39, 0.29) is 18.3 Å². The topological polar surface area (TPSA) is 111 Å². The average molecular weight is 566 g/mol. The Labute approximate surface area is 221 Å². The molecule has 3 aromatic carbocycles. The number of nitrogens with zero attached hydrogens (tertiary/aromatic N) is 1. The molecule has 1 heterocycles. The van der Waals surface area contributed by atoms with Crippen molar-refractivity contribution in [2.24, 2.45) is 5.10 Å². The molecular weight excluding hydrogens is 542 g/mol. The summed E-state index contributed by atoms with van der Waals surface area (Å²) in [6.07, 6.45) is 1.45. The first-order chi connectivity index (χ1) is 18.0. The minimum atomic E-state index is -0.499. The Balaban J connectivity index is 1.38. The number of furan rings is 1. The van der Waals surface area contributed by atoms with Gasteiger partial charge in [-0.2, -0.15) is 5.10 Å². The van der Waals surface area contributed by atoms with Crippen LogP contribution in [0, 0.1) is 0 Å². The Kier molecular flexibility index (Phi) is 8.42. The molecule has 0 unspecified atom stereocenters. The molecule has 37 heavy (non-hydrogen) atoms. The third kappa shape index (κ3) is 6.68. The summed E-state index contributed by atoms with van der Waals surface area (Å²) < 4.78 is 22.7. The summed E-state index contributed by atoms with van der Waals surface area (Å²) in [6, 6.07) is 19.4. The Hall–Kier alpha value is -4.31. The van der Waals surface area contributed by atoms with Crippen LogP contribution in [-0.4, -0.2) is 38.4 Å². The Morgan fingerprint density at radius 2 is 1.86 bits per heavy atom. The second-order valence-corrected chi connectivity index (χ2v) is 8.53. The van der Waals surface area contributed by atoms with Crippen molar-refractivity contribution >= 4 is 50.6 Å². The molecule has 0 saturated heterocycles. The minimum absolute atomic E-state index is 0.122. The Bertz CT molecular complexity index is 1440. The summed E-state index contributed by atoms with van der Waals surface area (Å²) in [5, 5.41) is 7.52. The van der Waals surface area contributed by atoms with Gasteiger partial charge in [-0.1, -0.05) is 18.2 Å². The monoisotopic (exact) mass is 565 g/mol. The number of fused-ring (bicyclic) bond motifs is 1. The van der Waals surface area contributed by atoms with Gasteiger partial charge < -0.3 is 23.9 Å². The molecule has 0 saturated carbocycles. The maximum absolute atomic E-state index is 12.5. The number of hydrogen-bond acceptors (Lipinski definition) is 7. The first kappa shape index (κ1) is 25.8. The number of benzene rings is 3. The Morgan fingerprint density at radius 3 is 2.62 bits per heavy atom. The van der Waals surface area contributed by atoms with E-state index in [1.807, 2.05) is 25.1 Å². The molecule has 0 aliphatic carbocycles. The van der Waals surface area contributed by atoms with Crippen molar-refractivity contribution in [3.05, 3.63) is 82.5 Å². The molecule has 9 nitrogen and oxygen atoms in total. The van der Waals surface area contributed by atoms with Crippen molar-refractivity contribution in [2.45, 2.75) is 6.92 Å². The van der Waals surface area contributed by atoms with Crippen LogP contribution < -0.4 is 25.0 Å². The number of para-hydroxylation sites is 1. The Morgan fingerprint density at radius 1 is 1.05 bits per heavy atom. The molecule has 4 rings (SSSR count). The van der Waals surface area contributed by atoms with Gasteiger partial charge >= 0.3 is 5.91 Å². The third-order valence-corrected chi connectivity index (χ3v) is 5.65. The van der Waals surface area contributed by atoms with E-state index < -0.39 is 5.91 Å². The molecule has 2 N–H and O–H groups in total. The molecule has 0 spiro atoms. The number of ether oxygens (including phenoxy) is 3. The number of hydrogen-bond donors (Lipinski definition) is 2. The molecule has 2 amide bonds. The molecule has 0 bridgehead atoms. The predicted molar refractivity (Wildman–Crippen MR) is 144 cm³/mol. The number of anilines is 1. The average Bonchev–Trinajstić information content (AvgIpc) is 3.32. The van der Waals surface area contributed by atoms with E-state index in [0.717, 1.165) is 5.39 Å². The number of amides is 2. The number of carbonyl (C=O) groups is 2. The lowest BCUT2D eigenvalue weighted by Gasteiger charge is -2.13. The summed E-state index contributed by atoms with van der Waals surface area (Å²) in [5.41, 5.74) is 4.31. The van der Waals surface area contributed by atoms with Gasteiger partial charge in [-0.15, -0.1) is 0 Å². The maximum Gasteiger partial charge on any atom is 0.307 e. The highest BCUT2D eigenvalue weighted by atomic mass is 79.9. The van der Waals surface area contributed by atoms with Gasteiger partial charge in [0.25, 0.3) is 5.91 Å². The SMILES string of the molecule is CCOc1ccc2oc(C(=O)N/N=C/c3cc(Br)c(OCC(=O)Nc4ccccc4)c(OC)c3)cc2c1. The van der Waals surface area contributed by atoms with Gasteiger partial charge in [0.15, 0.2) is 23.9 Å². The number of methoxy groups -OCH3 is 1. The number of halogens is 1. The summed E-state index contributed by atoms with van der Waals surface area (Å²) >= 11 is 3.44. The molecule has 4 aromatic rings. The third-order valence-electron chi connectivity index (χ3n) is 5.06. The second-order valence-electron chi connectivity index (χ2n) is 7.68. The van der Waals surface area contributed by atoms with E-state index >= 15 is 0 Å². The van der Waals surface area contributed by atoms with Gasteiger partial charge in [0, 0.05) is 11.1 Å². The van der Waals surface area contributed by atoms with Crippen LogP contribution in [0.5, 0.6) is 17.2 Å². The van der Waals surface area contributed by atoms with E-state index in [9.17, 15) is 9.59 Å². The smallest absolute Gasteiger partial charge is 0.307 e. The van der Waals surface area contributed by atoms with E-state index in [4.69, 9.17) is 18.6 Å². The highest BCUT2D eigenvalue weighted by molar-refractivity contribution is 9.10. The van der Waals surface area contributed by atoms with Crippen LogP contribution in [0.1, 0.15) is 23.0 Å². The summed E-state index contributed by atoms with van der Waals surface area (Å²) in [6.45, 7) is 2.23. The van der Waals surface area contributed by atoms with Crippen molar-refractivity contribution < 1.29 is 28.2 Å². The van der Waals surface area contributed by atoms with Crippen LogP contribution >= 0.6 is 15.9 Å². The van der Waals surface area contributed by atoms with Gasteiger partial charge in [0.1, 0.15) is 11.3 Å². The van der Waals surface area contributed by atoms with E-state index in [1.54, 1.807) is 48.5 Å².